The second kappa shape index (κ2) is 8.38. The van der Waals surface area contributed by atoms with Crippen molar-refractivity contribution in [1.82, 2.24) is 9.88 Å². The third-order valence-electron chi connectivity index (χ3n) is 6.56. The highest BCUT2D eigenvalue weighted by Crippen LogP contribution is 2.35. The Kier molecular flexibility index (Phi) is 5.44. The van der Waals surface area contributed by atoms with E-state index >= 15 is 0 Å². The average molecular weight is 436 g/mol. The van der Waals surface area contributed by atoms with E-state index in [4.69, 9.17) is 0 Å². The number of aromatic nitrogens is 1. The zero-order chi connectivity index (χ0) is 21.4. The molecule has 31 heavy (non-hydrogen) atoms. The number of amides is 3. The van der Waals surface area contributed by atoms with E-state index in [1.807, 2.05) is 17.5 Å². The van der Waals surface area contributed by atoms with E-state index in [0.717, 1.165) is 24.1 Å². The fourth-order valence-corrected chi connectivity index (χ4v) is 5.58. The van der Waals surface area contributed by atoms with Crippen molar-refractivity contribution in [1.29, 1.82) is 0 Å². The fourth-order valence-electron chi connectivity index (χ4n) is 4.84. The van der Waals surface area contributed by atoms with Crippen molar-refractivity contribution in [3.05, 3.63) is 46.9 Å². The Labute approximate surface area is 185 Å². The van der Waals surface area contributed by atoms with E-state index in [1.54, 1.807) is 0 Å². The van der Waals surface area contributed by atoms with E-state index in [2.05, 4.69) is 28.5 Å². The van der Waals surface area contributed by atoms with Gasteiger partial charge in [0.25, 0.3) is 0 Å². The summed E-state index contributed by atoms with van der Waals surface area (Å²) < 4.78 is 0. The van der Waals surface area contributed by atoms with Gasteiger partial charge < -0.3 is 5.32 Å². The van der Waals surface area contributed by atoms with Crippen LogP contribution in [0.3, 0.4) is 0 Å². The van der Waals surface area contributed by atoms with Crippen LogP contribution in [-0.2, 0) is 27.2 Å². The Morgan fingerprint density at radius 3 is 2.52 bits per heavy atom. The molecule has 1 aliphatic heterocycles. The van der Waals surface area contributed by atoms with Gasteiger partial charge >= 0.3 is 0 Å². The molecule has 0 unspecified atom stereocenters. The molecule has 7 heteroatoms. The zero-order valence-corrected chi connectivity index (χ0v) is 18.1. The zero-order valence-electron chi connectivity index (χ0n) is 17.3. The van der Waals surface area contributed by atoms with Crippen molar-refractivity contribution in [2.24, 2.45) is 11.8 Å². The third kappa shape index (κ3) is 3.94. The molecule has 2 heterocycles. The van der Waals surface area contributed by atoms with Crippen LogP contribution in [0.4, 0.5) is 5.13 Å². The lowest BCUT2D eigenvalue weighted by Crippen LogP contribution is -2.34. The highest BCUT2D eigenvalue weighted by molar-refractivity contribution is 7.14. The minimum atomic E-state index is -0.251. The average Bonchev–Trinajstić information content (AvgIpc) is 3.35. The molecule has 0 spiro atoms. The SMILES string of the molecule is O=C(CCN1C(=O)[C@@H]2CC=CC[C@H]2C1=O)Nc1nc(-c2ccc3c(c2)CCCC3)cs1. The summed E-state index contributed by atoms with van der Waals surface area (Å²) in [5.41, 5.74) is 4.76. The number of benzene rings is 1. The van der Waals surface area contributed by atoms with Crippen LogP contribution < -0.4 is 5.32 Å². The first kappa shape index (κ1) is 20.1. The minimum absolute atomic E-state index is 0.0815. The first-order valence-corrected chi connectivity index (χ1v) is 11.9. The van der Waals surface area contributed by atoms with Crippen molar-refractivity contribution < 1.29 is 14.4 Å². The molecular weight excluding hydrogens is 410 g/mol. The molecule has 0 saturated carbocycles. The summed E-state index contributed by atoms with van der Waals surface area (Å²) in [6.45, 7) is 0.125. The predicted molar refractivity (Wildman–Crippen MR) is 120 cm³/mol. The molecule has 2 atom stereocenters. The predicted octanol–water partition coefficient (Wildman–Crippen LogP) is 3.97. The summed E-state index contributed by atoms with van der Waals surface area (Å²) in [6.07, 6.45) is 9.98. The smallest absolute Gasteiger partial charge is 0.233 e. The number of carbonyl (C=O) groups excluding carboxylic acids is 3. The Morgan fingerprint density at radius 1 is 1.06 bits per heavy atom. The Balaban J connectivity index is 1.19. The number of hydrogen-bond acceptors (Lipinski definition) is 5. The van der Waals surface area contributed by atoms with Gasteiger partial charge in [-0.1, -0.05) is 24.3 Å². The number of fused-ring (bicyclic) bond motifs is 2. The first-order valence-electron chi connectivity index (χ1n) is 11.0. The summed E-state index contributed by atoms with van der Waals surface area (Å²) >= 11 is 1.39. The van der Waals surface area contributed by atoms with Gasteiger partial charge in [-0.15, -0.1) is 11.3 Å². The van der Waals surface area contributed by atoms with Crippen LogP contribution >= 0.6 is 11.3 Å². The number of aryl methyl sites for hydroxylation is 2. The van der Waals surface area contributed by atoms with Crippen molar-refractivity contribution >= 4 is 34.2 Å². The van der Waals surface area contributed by atoms with E-state index in [1.165, 1.54) is 40.2 Å². The highest BCUT2D eigenvalue weighted by Gasteiger charge is 2.46. The minimum Gasteiger partial charge on any atom is -0.302 e. The van der Waals surface area contributed by atoms with E-state index in [0.29, 0.717) is 18.0 Å². The standard InChI is InChI=1S/C24H25N3O3S/c28-21(11-12-27-22(29)18-7-3-4-8-19(18)23(27)30)26-24-25-20(14-31-24)17-10-9-15-5-1-2-6-16(15)13-17/h3-4,9-10,13-14,18-19H,1-2,5-8,11-12H2,(H,25,26,28)/t18-,19-/m1/s1. The van der Waals surface area contributed by atoms with E-state index in [-0.39, 0.29) is 42.5 Å². The maximum atomic E-state index is 12.5. The number of allylic oxidation sites excluding steroid dienone is 2. The van der Waals surface area contributed by atoms with Crippen molar-refractivity contribution in [2.45, 2.75) is 44.9 Å². The highest BCUT2D eigenvalue weighted by atomic mass is 32.1. The second-order valence-corrected chi connectivity index (χ2v) is 9.37. The number of rotatable bonds is 5. The van der Waals surface area contributed by atoms with Crippen molar-refractivity contribution in [3.63, 3.8) is 0 Å². The van der Waals surface area contributed by atoms with Gasteiger partial charge in [-0.3, -0.25) is 19.3 Å². The van der Waals surface area contributed by atoms with Gasteiger partial charge in [0.1, 0.15) is 0 Å². The number of nitrogens with zero attached hydrogens (tertiary/aromatic N) is 2. The fraction of sp³-hybridized carbons (Fsp3) is 0.417. The summed E-state index contributed by atoms with van der Waals surface area (Å²) in [4.78, 5) is 43.3. The Morgan fingerprint density at radius 2 is 1.77 bits per heavy atom. The molecule has 1 fully saturated rings. The van der Waals surface area contributed by atoms with E-state index < -0.39 is 0 Å². The third-order valence-corrected chi connectivity index (χ3v) is 7.31. The quantitative estimate of drug-likeness (QED) is 0.569. The summed E-state index contributed by atoms with van der Waals surface area (Å²) in [6, 6.07) is 6.51. The van der Waals surface area contributed by atoms with Gasteiger partial charge in [0.2, 0.25) is 17.7 Å². The topological polar surface area (TPSA) is 79.4 Å². The van der Waals surface area contributed by atoms with Crippen LogP contribution in [0.5, 0.6) is 0 Å². The van der Waals surface area contributed by atoms with Gasteiger partial charge in [-0.2, -0.15) is 0 Å². The number of thiazole rings is 1. The van der Waals surface area contributed by atoms with Gasteiger partial charge in [0.15, 0.2) is 5.13 Å². The number of hydrogen-bond donors (Lipinski definition) is 1. The summed E-state index contributed by atoms with van der Waals surface area (Å²) in [5, 5.41) is 5.30. The molecule has 1 N–H and O–H groups in total. The molecule has 1 saturated heterocycles. The molecular formula is C24H25N3O3S. The molecule has 1 aromatic carbocycles. The van der Waals surface area contributed by atoms with Gasteiger partial charge in [-0.25, -0.2) is 4.98 Å². The molecule has 0 radical (unpaired) electrons. The van der Waals surface area contributed by atoms with Crippen LogP contribution in [0.1, 0.15) is 43.2 Å². The molecule has 6 nitrogen and oxygen atoms in total. The monoisotopic (exact) mass is 435 g/mol. The van der Waals surface area contributed by atoms with Gasteiger partial charge in [-0.05, 0) is 55.7 Å². The first-order chi connectivity index (χ1) is 15.1. The molecule has 160 valence electrons. The maximum Gasteiger partial charge on any atom is 0.233 e. The molecule has 2 aromatic rings. The molecule has 0 bridgehead atoms. The lowest BCUT2D eigenvalue weighted by atomic mass is 9.85. The lowest BCUT2D eigenvalue weighted by molar-refractivity contribution is -0.140. The molecule has 3 aliphatic rings. The number of anilines is 1. The second-order valence-electron chi connectivity index (χ2n) is 8.51. The van der Waals surface area contributed by atoms with Crippen molar-refractivity contribution in [2.75, 3.05) is 11.9 Å². The largest absolute Gasteiger partial charge is 0.302 e. The van der Waals surface area contributed by atoms with Crippen molar-refractivity contribution in [3.8, 4) is 11.3 Å². The van der Waals surface area contributed by atoms with Crippen LogP contribution in [0.2, 0.25) is 0 Å². The Hall–Kier alpha value is -2.80. The van der Waals surface area contributed by atoms with Crippen LogP contribution in [0, 0.1) is 11.8 Å². The normalized spacial score (nSPS) is 22.4. The van der Waals surface area contributed by atoms with E-state index in [9.17, 15) is 14.4 Å². The number of imide groups is 1. The molecule has 3 amide bonds. The Bertz CT molecular complexity index is 1050. The molecule has 1 aromatic heterocycles. The molecule has 2 aliphatic carbocycles. The summed E-state index contributed by atoms with van der Waals surface area (Å²) in [7, 11) is 0. The van der Waals surface area contributed by atoms with Crippen LogP contribution in [0.15, 0.2) is 35.7 Å². The number of nitrogens with one attached hydrogen (secondary N) is 1. The van der Waals surface area contributed by atoms with Crippen LogP contribution in [-0.4, -0.2) is 34.2 Å². The van der Waals surface area contributed by atoms with Gasteiger partial charge in [0.05, 0.1) is 17.5 Å². The summed E-state index contributed by atoms with van der Waals surface area (Å²) in [5.74, 6) is -1.02. The number of likely N-dealkylation sites (tertiary alicyclic amines) is 1. The number of carbonyl (C=O) groups is 3. The maximum absolute atomic E-state index is 12.5. The van der Waals surface area contributed by atoms with Gasteiger partial charge in [0, 0.05) is 23.9 Å². The molecule has 5 rings (SSSR count). The van der Waals surface area contributed by atoms with Crippen LogP contribution in [0.25, 0.3) is 11.3 Å². The lowest BCUT2D eigenvalue weighted by Gasteiger charge is -2.16.